The van der Waals surface area contributed by atoms with Gasteiger partial charge in [0.25, 0.3) is 5.91 Å². The van der Waals surface area contributed by atoms with Gasteiger partial charge in [-0.05, 0) is 62.9 Å². The summed E-state index contributed by atoms with van der Waals surface area (Å²) in [6.07, 6.45) is 2.66. The number of hydrogen-bond acceptors (Lipinski definition) is 10. The Balaban J connectivity index is 1.55. The number of carbonyl (C=O) groups excluding carboxylic acids is 2. The predicted molar refractivity (Wildman–Crippen MR) is 181 cm³/mol. The van der Waals surface area contributed by atoms with Crippen LogP contribution < -0.4 is 11.2 Å². The number of nitrogens with zero attached hydrogens (tertiary/aromatic N) is 4. The molecule has 1 saturated heterocycles. The van der Waals surface area contributed by atoms with Crippen molar-refractivity contribution in [3.8, 4) is 22.5 Å². The van der Waals surface area contributed by atoms with Gasteiger partial charge in [-0.25, -0.2) is 10.4 Å². The lowest BCUT2D eigenvalue weighted by atomic mass is 9.84. The molecule has 1 amide bonds. The smallest absolute Gasteiger partial charge is 0.324 e. The largest absolute Gasteiger partial charge is 0.464 e. The van der Waals surface area contributed by atoms with Crippen molar-refractivity contribution in [1.29, 1.82) is 0 Å². The molecule has 6 rings (SSSR count). The van der Waals surface area contributed by atoms with Crippen molar-refractivity contribution in [2.45, 2.75) is 77.8 Å². The molecule has 250 valence electrons. The molecule has 3 aromatic heterocycles. The first-order valence-electron chi connectivity index (χ1n) is 16.2. The lowest BCUT2D eigenvalue weighted by Crippen LogP contribution is -2.60. The fourth-order valence-electron chi connectivity index (χ4n) is 6.73. The molecule has 1 fully saturated rings. The molecule has 1 aromatic carbocycles. The normalized spacial score (nSPS) is 22.6. The van der Waals surface area contributed by atoms with Gasteiger partial charge in [0.15, 0.2) is 0 Å². The van der Waals surface area contributed by atoms with Crippen LogP contribution in [0.25, 0.3) is 33.4 Å². The van der Waals surface area contributed by atoms with E-state index in [-0.39, 0.29) is 24.6 Å². The number of nitrogens with one attached hydrogen (secondary N) is 1. The number of esters is 1. The number of cyclic esters (lactones) is 1. The molecule has 0 spiro atoms. The number of nitrogens with two attached hydrogens (primary N) is 1. The Hall–Kier alpha value is -3.68. The van der Waals surface area contributed by atoms with Gasteiger partial charge >= 0.3 is 5.97 Å². The Labute approximate surface area is 279 Å². The molecule has 6 bridgehead atoms. The SMILES string of the molecule is CCn1c(-c2cccnc2[C@H](C)OC)c2c3cc(ccc31)-c1csc(n1)[C@@H](OC)[C@H](N)C(=O)N1CCC[C@H](N1)C(=O)OCC(C)(C)C2. The van der Waals surface area contributed by atoms with E-state index in [0.29, 0.717) is 30.8 Å². The molecule has 12 heteroatoms. The quantitative estimate of drug-likeness (QED) is 0.278. The Bertz CT molecular complexity index is 1780. The second-order valence-electron chi connectivity index (χ2n) is 13.1. The van der Waals surface area contributed by atoms with Crippen LogP contribution in [0, 0.1) is 5.41 Å². The van der Waals surface area contributed by atoms with Gasteiger partial charge in [-0.2, -0.15) is 0 Å². The van der Waals surface area contributed by atoms with Crippen molar-refractivity contribution in [1.82, 2.24) is 25.0 Å². The van der Waals surface area contributed by atoms with Crippen LogP contribution in [0.4, 0.5) is 0 Å². The fourth-order valence-corrected chi connectivity index (χ4v) is 7.67. The molecular weight excluding hydrogens is 616 g/mol. The molecule has 47 heavy (non-hydrogen) atoms. The summed E-state index contributed by atoms with van der Waals surface area (Å²) in [5.74, 6) is -0.746. The van der Waals surface area contributed by atoms with Gasteiger partial charge in [0.05, 0.1) is 29.8 Å². The summed E-state index contributed by atoms with van der Waals surface area (Å²) in [6.45, 7) is 9.75. The first kappa shape index (κ1) is 33.2. The monoisotopic (exact) mass is 660 g/mol. The summed E-state index contributed by atoms with van der Waals surface area (Å²) >= 11 is 1.41. The molecule has 0 radical (unpaired) electrons. The Kier molecular flexibility index (Phi) is 9.50. The number of thiazole rings is 1. The van der Waals surface area contributed by atoms with Crippen molar-refractivity contribution in [2.75, 3.05) is 27.4 Å². The van der Waals surface area contributed by atoms with E-state index in [1.54, 1.807) is 13.3 Å². The molecular formula is C35H44N6O5S. The van der Waals surface area contributed by atoms with Crippen molar-refractivity contribution < 1.29 is 23.8 Å². The lowest BCUT2D eigenvalue weighted by molar-refractivity contribution is -0.155. The zero-order valence-corrected chi connectivity index (χ0v) is 28.7. The number of benzene rings is 1. The maximum absolute atomic E-state index is 13.5. The Morgan fingerprint density at radius 3 is 2.79 bits per heavy atom. The summed E-state index contributed by atoms with van der Waals surface area (Å²) < 4.78 is 19.8. The molecule has 2 aliphatic heterocycles. The standard InChI is InChI=1S/C35H44N6O5S/c1-7-40-27-13-12-21-16-23(27)24(30(40)22-10-8-14-37-29(22)20(2)44-5)17-35(3,4)19-46-34(43)25-11-9-15-41(39-25)33(42)28(36)31(45-6)32-38-26(21)18-47-32/h8,10,12-14,16,18,20,25,28,31,39H,7,9,11,15,17,19,36H2,1-6H3/t20-,25-,28-,31-/m0/s1. The number of carbonyl (C=O) groups is 2. The number of methoxy groups -OCH3 is 2. The molecule has 3 N–H and O–H groups in total. The first-order valence-corrected chi connectivity index (χ1v) is 17.1. The second-order valence-corrected chi connectivity index (χ2v) is 14.0. The molecule has 0 unspecified atom stereocenters. The summed E-state index contributed by atoms with van der Waals surface area (Å²) in [4.78, 5) is 36.6. The van der Waals surface area contributed by atoms with Crippen LogP contribution in [0.1, 0.15) is 69.0 Å². The van der Waals surface area contributed by atoms with Gasteiger partial charge in [0.2, 0.25) is 0 Å². The molecule has 5 heterocycles. The van der Waals surface area contributed by atoms with Crippen LogP contribution in [0.3, 0.4) is 0 Å². The van der Waals surface area contributed by atoms with Gasteiger partial charge in [-0.3, -0.25) is 19.6 Å². The third-order valence-electron chi connectivity index (χ3n) is 9.24. The first-order chi connectivity index (χ1) is 22.6. The summed E-state index contributed by atoms with van der Waals surface area (Å²) in [5, 5.41) is 5.12. The number of fused-ring (bicyclic) bond motifs is 6. The summed E-state index contributed by atoms with van der Waals surface area (Å²) in [7, 11) is 3.22. The molecule has 0 saturated carbocycles. The third-order valence-corrected chi connectivity index (χ3v) is 10.1. The average Bonchev–Trinajstić information content (AvgIpc) is 3.69. The van der Waals surface area contributed by atoms with Crippen LogP contribution >= 0.6 is 11.3 Å². The average molecular weight is 661 g/mol. The number of pyridine rings is 1. The maximum atomic E-state index is 13.5. The molecule has 4 aromatic rings. The minimum atomic E-state index is -1.02. The van der Waals surface area contributed by atoms with E-state index >= 15 is 0 Å². The van der Waals surface area contributed by atoms with E-state index in [1.165, 1.54) is 23.5 Å². The Morgan fingerprint density at radius 1 is 1.23 bits per heavy atom. The van der Waals surface area contributed by atoms with Gasteiger partial charge in [0, 0.05) is 66.3 Å². The van der Waals surface area contributed by atoms with Gasteiger partial charge < -0.3 is 24.5 Å². The van der Waals surface area contributed by atoms with Crippen molar-refractivity contribution >= 4 is 34.1 Å². The fraction of sp³-hybridized carbons (Fsp3) is 0.486. The number of aromatic nitrogens is 3. The lowest BCUT2D eigenvalue weighted by Gasteiger charge is -2.35. The molecule has 4 atom stereocenters. The molecule has 11 nitrogen and oxygen atoms in total. The topological polar surface area (TPSA) is 134 Å². The van der Waals surface area contributed by atoms with Crippen LogP contribution in [-0.2, 0) is 36.8 Å². The minimum Gasteiger partial charge on any atom is -0.464 e. The highest BCUT2D eigenvalue weighted by atomic mass is 32.1. The molecule has 2 aliphatic rings. The van der Waals surface area contributed by atoms with Crippen LogP contribution in [0.15, 0.2) is 41.9 Å². The van der Waals surface area contributed by atoms with E-state index < -0.39 is 23.6 Å². The van der Waals surface area contributed by atoms with Crippen LogP contribution in [0.5, 0.6) is 0 Å². The summed E-state index contributed by atoms with van der Waals surface area (Å²) in [5.41, 5.74) is 16.1. The van der Waals surface area contributed by atoms with E-state index in [2.05, 4.69) is 55.0 Å². The number of hydrogen-bond donors (Lipinski definition) is 2. The van der Waals surface area contributed by atoms with Crippen LogP contribution in [-0.4, -0.2) is 70.9 Å². The van der Waals surface area contributed by atoms with Gasteiger partial charge in [-0.1, -0.05) is 19.9 Å². The van der Waals surface area contributed by atoms with Crippen LogP contribution in [0.2, 0.25) is 0 Å². The Morgan fingerprint density at radius 2 is 2.04 bits per heavy atom. The van der Waals surface area contributed by atoms with E-state index in [0.717, 1.165) is 51.2 Å². The number of amides is 1. The third kappa shape index (κ3) is 6.32. The number of hydrazine groups is 1. The predicted octanol–water partition coefficient (Wildman–Crippen LogP) is 5.19. The molecule has 0 aliphatic carbocycles. The van der Waals surface area contributed by atoms with Crippen molar-refractivity contribution in [2.24, 2.45) is 11.1 Å². The highest BCUT2D eigenvalue weighted by Crippen LogP contribution is 2.42. The van der Waals surface area contributed by atoms with E-state index in [4.69, 9.17) is 29.9 Å². The maximum Gasteiger partial charge on any atom is 0.324 e. The zero-order valence-electron chi connectivity index (χ0n) is 27.9. The minimum absolute atomic E-state index is 0.199. The van der Waals surface area contributed by atoms with Crippen molar-refractivity contribution in [3.63, 3.8) is 0 Å². The van der Waals surface area contributed by atoms with Gasteiger partial charge in [0.1, 0.15) is 23.2 Å². The van der Waals surface area contributed by atoms with E-state index in [9.17, 15) is 9.59 Å². The number of aryl methyl sites for hydroxylation is 1. The second kappa shape index (κ2) is 13.4. The number of rotatable bonds is 5. The highest BCUT2D eigenvalue weighted by Gasteiger charge is 2.37. The van der Waals surface area contributed by atoms with E-state index in [1.807, 2.05) is 18.4 Å². The van der Waals surface area contributed by atoms with Gasteiger partial charge in [-0.15, -0.1) is 11.3 Å². The number of ether oxygens (including phenoxy) is 3. The van der Waals surface area contributed by atoms with Crippen molar-refractivity contribution in [3.05, 3.63) is 58.2 Å². The highest BCUT2D eigenvalue weighted by molar-refractivity contribution is 7.10. The zero-order chi connectivity index (χ0) is 33.5. The summed E-state index contributed by atoms with van der Waals surface area (Å²) in [6, 6.07) is 8.81.